The molecule has 0 saturated carbocycles. The summed E-state index contributed by atoms with van der Waals surface area (Å²) in [5, 5.41) is 9.40. The smallest absolute Gasteiger partial charge is 0.249 e. The highest BCUT2D eigenvalue weighted by molar-refractivity contribution is 6.42. The molecule has 4 rings (SSSR count). The van der Waals surface area contributed by atoms with E-state index in [1.807, 2.05) is 4.68 Å². The molecule has 0 aliphatic carbocycles. The van der Waals surface area contributed by atoms with Crippen LogP contribution in [0.3, 0.4) is 0 Å². The van der Waals surface area contributed by atoms with Gasteiger partial charge < -0.3 is 10.2 Å². The summed E-state index contributed by atoms with van der Waals surface area (Å²) in [6, 6.07) is 4.82. The van der Waals surface area contributed by atoms with E-state index in [-0.39, 0.29) is 17.5 Å². The third-order valence-corrected chi connectivity index (χ3v) is 5.47. The van der Waals surface area contributed by atoms with Gasteiger partial charge in [-0.1, -0.05) is 23.2 Å². The maximum absolute atomic E-state index is 12.9. The van der Waals surface area contributed by atoms with Crippen LogP contribution in [-0.4, -0.2) is 38.2 Å². The van der Waals surface area contributed by atoms with E-state index >= 15 is 0 Å². The summed E-state index contributed by atoms with van der Waals surface area (Å²) in [5.41, 5.74) is 1.26. The molecule has 1 fully saturated rings. The molecular formula is C19H20Cl2N6O. The fourth-order valence-corrected chi connectivity index (χ4v) is 3.63. The van der Waals surface area contributed by atoms with Crippen LogP contribution in [0.1, 0.15) is 27.2 Å². The first-order valence-electron chi connectivity index (χ1n) is 8.98. The van der Waals surface area contributed by atoms with Crippen LogP contribution in [0.15, 0.2) is 30.7 Å². The lowest BCUT2D eigenvalue weighted by Gasteiger charge is -2.20. The molecular weight excluding hydrogens is 399 g/mol. The van der Waals surface area contributed by atoms with Crippen LogP contribution in [0.25, 0.3) is 11.0 Å². The predicted molar refractivity (Wildman–Crippen MR) is 111 cm³/mol. The number of carbonyl (C=O) groups excluding carboxylic acids is 1. The van der Waals surface area contributed by atoms with Gasteiger partial charge in [-0.25, -0.2) is 14.6 Å². The van der Waals surface area contributed by atoms with E-state index < -0.39 is 0 Å². The molecule has 9 heteroatoms. The zero-order valence-electron chi connectivity index (χ0n) is 15.8. The van der Waals surface area contributed by atoms with Crippen molar-refractivity contribution in [2.24, 2.45) is 0 Å². The van der Waals surface area contributed by atoms with E-state index in [9.17, 15) is 4.79 Å². The predicted octanol–water partition coefficient (Wildman–Crippen LogP) is 4.11. The summed E-state index contributed by atoms with van der Waals surface area (Å²) in [4.78, 5) is 23.3. The van der Waals surface area contributed by atoms with Crippen molar-refractivity contribution in [1.82, 2.24) is 19.7 Å². The summed E-state index contributed by atoms with van der Waals surface area (Å²) in [6.45, 7) is 6.77. The Balaban J connectivity index is 1.59. The second-order valence-corrected chi connectivity index (χ2v) is 8.58. The Hall–Kier alpha value is -2.38. The number of benzene rings is 1. The van der Waals surface area contributed by atoms with Crippen molar-refractivity contribution in [2.45, 2.75) is 38.8 Å². The third-order valence-electron chi connectivity index (χ3n) is 4.73. The minimum absolute atomic E-state index is 0.0339. The van der Waals surface area contributed by atoms with Crippen molar-refractivity contribution in [1.29, 1.82) is 0 Å². The van der Waals surface area contributed by atoms with Gasteiger partial charge in [-0.05, 0) is 45.4 Å². The van der Waals surface area contributed by atoms with Gasteiger partial charge in [0.05, 0.1) is 27.2 Å². The molecule has 0 bridgehead atoms. The Labute approximate surface area is 172 Å². The first-order chi connectivity index (χ1) is 13.3. The van der Waals surface area contributed by atoms with E-state index in [0.29, 0.717) is 28.8 Å². The molecule has 3 aromatic rings. The molecule has 7 nitrogen and oxygen atoms in total. The van der Waals surface area contributed by atoms with Crippen molar-refractivity contribution >= 4 is 51.6 Å². The van der Waals surface area contributed by atoms with Gasteiger partial charge in [0.25, 0.3) is 0 Å². The second kappa shape index (κ2) is 6.90. The molecule has 1 amide bonds. The zero-order chi connectivity index (χ0) is 20.1. The molecule has 2 aromatic heterocycles. The lowest BCUT2D eigenvalue weighted by atomic mass is 10.1. The quantitative estimate of drug-likeness (QED) is 0.692. The fourth-order valence-electron chi connectivity index (χ4n) is 3.34. The van der Waals surface area contributed by atoms with Gasteiger partial charge in [-0.2, -0.15) is 5.10 Å². The van der Waals surface area contributed by atoms with Crippen LogP contribution >= 0.6 is 23.2 Å². The number of carbonyl (C=O) groups is 1. The molecule has 1 unspecified atom stereocenters. The second-order valence-electron chi connectivity index (χ2n) is 7.76. The van der Waals surface area contributed by atoms with Gasteiger partial charge in [0.1, 0.15) is 18.2 Å². The largest absolute Gasteiger partial charge is 0.358 e. The molecule has 1 aromatic carbocycles. The van der Waals surface area contributed by atoms with Crippen molar-refractivity contribution < 1.29 is 4.79 Å². The zero-order valence-corrected chi connectivity index (χ0v) is 17.3. The van der Waals surface area contributed by atoms with Crippen LogP contribution < -0.4 is 10.2 Å². The van der Waals surface area contributed by atoms with Gasteiger partial charge in [0.2, 0.25) is 5.91 Å². The summed E-state index contributed by atoms with van der Waals surface area (Å²) in [6.07, 6.45) is 3.88. The maximum atomic E-state index is 12.9. The summed E-state index contributed by atoms with van der Waals surface area (Å²) in [7, 11) is 0. The Kier molecular flexibility index (Phi) is 4.67. The molecule has 28 heavy (non-hydrogen) atoms. The van der Waals surface area contributed by atoms with Crippen molar-refractivity contribution in [2.75, 3.05) is 16.8 Å². The van der Waals surface area contributed by atoms with Crippen molar-refractivity contribution in [3.8, 4) is 0 Å². The average Bonchev–Trinajstić information content (AvgIpc) is 3.22. The average molecular weight is 419 g/mol. The Morgan fingerprint density at radius 3 is 2.68 bits per heavy atom. The molecule has 1 N–H and O–H groups in total. The molecule has 0 radical (unpaired) electrons. The molecule has 1 atom stereocenters. The maximum Gasteiger partial charge on any atom is 0.249 e. The number of rotatable bonds is 3. The summed E-state index contributed by atoms with van der Waals surface area (Å²) < 4.78 is 1.85. The molecule has 1 aliphatic heterocycles. The number of aromatic nitrogens is 4. The van der Waals surface area contributed by atoms with Gasteiger partial charge in [-0.3, -0.25) is 4.79 Å². The third kappa shape index (κ3) is 3.29. The van der Waals surface area contributed by atoms with Crippen LogP contribution in [-0.2, 0) is 10.3 Å². The Morgan fingerprint density at radius 1 is 1.18 bits per heavy atom. The van der Waals surface area contributed by atoms with Crippen LogP contribution in [0, 0.1) is 0 Å². The van der Waals surface area contributed by atoms with Gasteiger partial charge in [0, 0.05) is 12.2 Å². The van der Waals surface area contributed by atoms with Crippen LogP contribution in [0.5, 0.6) is 0 Å². The lowest BCUT2D eigenvalue weighted by Crippen LogP contribution is -2.33. The van der Waals surface area contributed by atoms with E-state index in [1.165, 1.54) is 6.33 Å². The molecule has 1 saturated heterocycles. The van der Waals surface area contributed by atoms with E-state index in [1.54, 1.807) is 29.3 Å². The normalized spacial score (nSPS) is 17.5. The van der Waals surface area contributed by atoms with E-state index in [4.69, 9.17) is 23.2 Å². The first-order valence-corrected chi connectivity index (χ1v) is 9.73. The Morgan fingerprint density at radius 2 is 1.96 bits per heavy atom. The number of nitrogens with zero attached hydrogens (tertiary/aromatic N) is 5. The number of hydrogen-bond donors (Lipinski definition) is 1. The van der Waals surface area contributed by atoms with Gasteiger partial charge >= 0.3 is 0 Å². The summed E-state index contributed by atoms with van der Waals surface area (Å²) in [5.74, 6) is 0.572. The minimum Gasteiger partial charge on any atom is -0.358 e. The lowest BCUT2D eigenvalue weighted by molar-refractivity contribution is -0.117. The number of fused-ring (bicyclic) bond motifs is 1. The highest BCUT2D eigenvalue weighted by Crippen LogP contribution is 2.31. The first kappa shape index (κ1) is 19.0. The highest BCUT2D eigenvalue weighted by atomic mass is 35.5. The molecule has 1 aliphatic rings. The van der Waals surface area contributed by atoms with Gasteiger partial charge in [0.15, 0.2) is 5.65 Å². The van der Waals surface area contributed by atoms with Crippen molar-refractivity contribution in [3.05, 3.63) is 40.8 Å². The standard InChI is InChI=1S/C19H20Cl2N6O/c1-19(2,3)27-17-12(9-24-27)16(22-10-23-17)25-15-6-7-26(18(15)28)11-4-5-13(20)14(21)8-11/h4-5,8-10,15H,6-7H2,1-3H3,(H,22,23,25). The topological polar surface area (TPSA) is 75.9 Å². The molecule has 146 valence electrons. The summed E-state index contributed by atoms with van der Waals surface area (Å²) >= 11 is 12.1. The monoisotopic (exact) mass is 418 g/mol. The number of halogens is 2. The minimum atomic E-state index is -0.384. The number of hydrogen-bond acceptors (Lipinski definition) is 5. The van der Waals surface area contributed by atoms with Crippen molar-refractivity contribution in [3.63, 3.8) is 0 Å². The number of amides is 1. The highest BCUT2D eigenvalue weighted by Gasteiger charge is 2.33. The molecule has 3 heterocycles. The van der Waals surface area contributed by atoms with Gasteiger partial charge in [-0.15, -0.1) is 0 Å². The fraction of sp³-hybridized carbons (Fsp3) is 0.368. The number of nitrogens with one attached hydrogen (secondary N) is 1. The van der Waals surface area contributed by atoms with E-state index in [0.717, 1.165) is 16.7 Å². The van der Waals surface area contributed by atoms with Crippen LogP contribution in [0.4, 0.5) is 11.5 Å². The SMILES string of the molecule is CC(C)(C)n1ncc2c(NC3CCN(c4ccc(Cl)c(Cl)c4)C3=O)ncnc21. The molecule has 0 spiro atoms. The number of anilines is 2. The van der Waals surface area contributed by atoms with E-state index in [2.05, 4.69) is 41.2 Å². The van der Waals surface area contributed by atoms with Crippen LogP contribution in [0.2, 0.25) is 10.0 Å². The Bertz CT molecular complexity index is 1060.